The molecule has 0 aromatic heterocycles. The second-order valence-electron chi connectivity index (χ2n) is 3.53. The lowest BCUT2D eigenvalue weighted by atomic mass is 10.2. The van der Waals surface area contributed by atoms with E-state index in [0.717, 1.165) is 12.8 Å². The third-order valence-electron chi connectivity index (χ3n) is 2.14. The van der Waals surface area contributed by atoms with E-state index in [1.54, 1.807) is 6.07 Å². The van der Waals surface area contributed by atoms with Crippen LogP contribution in [-0.4, -0.2) is 12.1 Å². The van der Waals surface area contributed by atoms with Crippen LogP contribution in [0.15, 0.2) is 23.3 Å². The predicted octanol–water partition coefficient (Wildman–Crippen LogP) is 3.12. The molecule has 0 radical (unpaired) electrons. The fourth-order valence-corrected chi connectivity index (χ4v) is 1.41. The van der Waals surface area contributed by atoms with Crippen LogP contribution in [0.4, 0.5) is 4.39 Å². The molecule has 1 N–H and O–H groups in total. The van der Waals surface area contributed by atoms with Gasteiger partial charge in [-0.2, -0.15) is 5.10 Å². The van der Waals surface area contributed by atoms with Gasteiger partial charge in [-0.15, -0.1) is 0 Å². The molecule has 0 aliphatic carbocycles. The number of carbonyl (C=O) groups is 1. The van der Waals surface area contributed by atoms with Crippen LogP contribution in [0.25, 0.3) is 0 Å². The van der Waals surface area contributed by atoms with Crippen molar-refractivity contribution in [2.75, 3.05) is 0 Å². The van der Waals surface area contributed by atoms with E-state index in [0.29, 0.717) is 6.42 Å². The highest BCUT2D eigenvalue weighted by Gasteiger charge is 2.03. The molecule has 0 saturated heterocycles. The number of halogens is 2. The van der Waals surface area contributed by atoms with Gasteiger partial charge < -0.3 is 0 Å². The number of nitrogens with zero attached hydrogens (tertiary/aromatic N) is 1. The van der Waals surface area contributed by atoms with Crippen LogP contribution < -0.4 is 5.43 Å². The molecule has 0 spiro atoms. The van der Waals surface area contributed by atoms with Gasteiger partial charge in [0.15, 0.2) is 0 Å². The minimum Gasteiger partial charge on any atom is -0.273 e. The molecule has 0 unspecified atom stereocenters. The second kappa shape index (κ2) is 7.01. The van der Waals surface area contributed by atoms with E-state index in [2.05, 4.69) is 10.5 Å². The van der Waals surface area contributed by atoms with Crippen molar-refractivity contribution in [2.45, 2.75) is 26.2 Å². The smallest absolute Gasteiger partial charge is 0.240 e. The molecule has 1 aromatic carbocycles. The summed E-state index contributed by atoms with van der Waals surface area (Å²) in [5, 5.41) is 3.93. The lowest BCUT2D eigenvalue weighted by molar-refractivity contribution is -0.121. The Balaban J connectivity index is 2.56. The van der Waals surface area contributed by atoms with Crippen molar-refractivity contribution in [3.8, 4) is 0 Å². The molecule has 0 saturated carbocycles. The Labute approximate surface area is 105 Å². The van der Waals surface area contributed by atoms with Crippen molar-refractivity contribution in [3.05, 3.63) is 34.6 Å². The summed E-state index contributed by atoms with van der Waals surface area (Å²) in [4.78, 5) is 11.2. The summed E-state index contributed by atoms with van der Waals surface area (Å²) < 4.78 is 13.3. The molecule has 1 rings (SSSR count). The van der Waals surface area contributed by atoms with Gasteiger partial charge in [0.25, 0.3) is 0 Å². The summed E-state index contributed by atoms with van der Waals surface area (Å²) in [5.41, 5.74) is 2.50. The second-order valence-corrected chi connectivity index (χ2v) is 3.94. The van der Waals surface area contributed by atoms with Crippen LogP contribution >= 0.6 is 11.6 Å². The number of benzene rings is 1. The maximum atomic E-state index is 13.3. The normalized spacial score (nSPS) is 10.8. The van der Waals surface area contributed by atoms with E-state index >= 15 is 0 Å². The molecular formula is C12H14ClFN2O. The van der Waals surface area contributed by atoms with Crippen LogP contribution in [0, 0.1) is 5.82 Å². The number of hydrogen-bond acceptors (Lipinski definition) is 2. The van der Waals surface area contributed by atoms with E-state index in [9.17, 15) is 9.18 Å². The van der Waals surface area contributed by atoms with Gasteiger partial charge in [0.1, 0.15) is 5.82 Å². The highest BCUT2D eigenvalue weighted by molar-refractivity contribution is 6.33. The Morgan fingerprint density at radius 1 is 1.59 bits per heavy atom. The standard InChI is InChI=1S/C12H14ClFN2O/c1-2-3-7-12(17)16-15-8-9-10(13)5-4-6-11(9)14/h4-6,8H,2-3,7H2,1H3,(H,16,17). The summed E-state index contributed by atoms with van der Waals surface area (Å²) in [7, 11) is 0. The first-order chi connectivity index (χ1) is 8.15. The summed E-state index contributed by atoms with van der Waals surface area (Å²) in [5.74, 6) is -0.653. The van der Waals surface area contributed by atoms with Crippen LogP contribution in [0.3, 0.4) is 0 Å². The molecule has 0 atom stereocenters. The van der Waals surface area contributed by atoms with Gasteiger partial charge in [0.2, 0.25) is 5.91 Å². The van der Waals surface area contributed by atoms with Crippen molar-refractivity contribution < 1.29 is 9.18 Å². The van der Waals surface area contributed by atoms with Crippen molar-refractivity contribution >= 4 is 23.7 Å². The Bertz CT molecular complexity index is 401. The number of amides is 1. The number of nitrogens with one attached hydrogen (secondary N) is 1. The summed E-state index contributed by atoms with van der Waals surface area (Å²) in [6.07, 6.45) is 3.37. The number of hydrogen-bond donors (Lipinski definition) is 1. The molecule has 5 heteroatoms. The van der Waals surface area contributed by atoms with Gasteiger partial charge in [0.05, 0.1) is 11.2 Å². The third kappa shape index (κ3) is 4.53. The highest BCUT2D eigenvalue weighted by atomic mass is 35.5. The maximum absolute atomic E-state index is 13.3. The Hall–Kier alpha value is -1.42. The van der Waals surface area contributed by atoms with Crippen LogP contribution in [0.1, 0.15) is 31.7 Å². The number of rotatable bonds is 5. The molecule has 17 heavy (non-hydrogen) atoms. The van der Waals surface area contributed by atoms with Gasteiger partial charge in [0, 0.05) is 12.0 Å². The van der Waals surface area contributed by atoms with Crippen LogP contribution in [0.5, 0.6) is 0 Å². The summed E-state index contributed by atoms with van der Waals surface area (Å²) >= 11 is 5.78. The Morgan fingerprint density at radius 2 is 2.35 bits per heavy atom. The molecule has 0 aliphatic rings. The van der Waals surface area contributed by atoms with Crippen molar-refractivity contribution in [3.63, 3.8) is 0 Å². The van der Waals surface area contributed by atoms with Crippen LogP contribution in [-0.2, 0) is 4.79 Å². The fraction of sp³-hybridized carbons (Fsp3) is 0.333. The number of carbonyl (C=O) groups excluding carboxylic acids is 1. The average Bonchev–Trinajstić information content (AvgIpc) is 2.30. The van der Waals surface area contributed by atoms with Crippen molar-refractivity contribution in [2.24, 2.45) is 5.10 Å². The molecule has 92 valence electrons. The van der Waals surface area contributed by atoms with Gasteiger partial charge in [-0.3, -0.25) is 4.79 Å². The van der Waals surface area contributed by atoms with E-state index < -0.39 is 5.82 Å². The molecular weight excluding hydrogens is 243 g/mol. The molecule has 1 aromatic rings. The monoisotopic (exact) mass is 256 g/mol. The van der Waals surface area contributed by atoms with Crippen LogP contribution in [0.2, 0.25) is 5.02 Å². The van der Waals surface area contributed by atoms with E-state index in [1.807, 2.05) is 6.92 Å². The topological polar surface area (TPSA) is 41.5 Å². The highest BCUT2D eigenvalue weighted by Crippen LogP contribution is 2.16. The lowest BCUT2D eigenvalue weighted by Crippen LogP contribution is -2.16. The number of hydrazone groups is 1. The molecule has 0 aliphatic heterocycles. The van der Waals surface area contributed by atoms with Crippen molar-refractivity contribution in [1.29, 1.82) is 0 Å². The average molecular weight is 257 g/mol. The molecule has 3 nitrogen and oxygen atoms in total. The Kier molecular flexibility index (Phi) is 5.63. The lowest BCUT2D eigenvalue weighted by Gasteiger charge is -2.00. The first-order valence-corrected chi connectivity index (χ1v) is 5.79. The zero-order valence-electron chi connectivity index (χ0n) is 9.54. The molecule has 1 amide bonds. The van der Waals surface area contributed by atoms with Gasteiger partial charge >= 0.3 is 0 Å². The summed E-state index contributed by atoms with van der Waals surface area (Å²) in [6, 6.07) is 4.35. The molecule has 0 heterocycles. The zero-order valence-corrected chi connectivity index (χ0v) is 10.3. The quantitative estimate of drug-likeness (QED) is 0.638. The zero-order chi connectivity index (χ0) is 12.7. The number of unbranched alkanes of at least 4 members (excludes halogenated alkanes) is 1. The fourth-order valence-electron chi connectivity index (χ4n) is 1.20. The Morgan fingerprint density at radius 3 is 3.00 bits per heavy atom. The van der Waals surface area contributed by atoms with E-state index in [-0.39, 0.29) is 16.5 Å². The van der Waals surface area contributed by atoms with Gasteiger partial charge in [-0.25, -0.2) is 9.82 Å². The SMILES string of the molecule is CCCCC(=O)NN=Cc1c(F)cccc1Cl. The first-order valence-electron chi connectivity index (χ1n) is 5.41. The molecule has 0 fully saturated rings. The first kappa shape index (κ1) is 13.6. The third-order valence-corrected chi connectivity index (χ3v) is 2.47. The predicted molar refractivity (Wildman–Crippen MR) is 66.7 cm³/mol. The van der Waals surface area contributed by atoms with E-state index in [1.165, 1.54) is 18.3 Å². The minimum absolute atomic E-state index is 0.171. The van der Waals surface area contributed by atoms with Crippen molar-refractivity contribution in [1.82, 2.24) is 5.43 Å². The summed E-state index contributed by atoms with van der Waals surface area (Å²) in [6.45, 7) is 2.00. The minimum atomic E-state index is -0.468. The van der Waals surface area contributed by atoms with Gasteiger partial charge in [-0.1, -0.05) is 31.0 Å². The van der Waals surface area contributed by atoms with E-state index in [4.69, 9.17) is 11.6 Å². The maximum Gasteiger partial charge on any atom is 0.240 e. The molecule has 0 bridgehead atoms. The largest absolute Gasteiger partial charge is 0.273 e. The van der Waals surface area contributed by atoms with Gasteiger partial charge in [-0.05, 0) is 18.6 Å².